The van der Waals surface area contributed by atoms with Crippen LogP contribution in [0.3, 0.4) is 0 Å². The van der Waals surface area contributed by atoms with Crippen molar-refractivity contribution in [2.24, 2.45) is 0 Å². The molecule has 1 amide bonds. The van der Waals surface area contributed by atoms with Crippen LogP contribution < -0.4 is 5.32 Å². The second-order valence-electron chi connectivity index (χ2n) is 6.27. The van der Waals surface area contributed by atoms with Crippen molar-refractivity contribution < 1.29 is 4.79 Å². The molecule has 0 aliphatic carbocycles. The molecule has 0 spiro atoms. The zero-order valence-electron chi connectivity index (χ0n) is 12.8. The van der Waals surface area contributed by atoms with Gasteiger partial charge in [0.1, 0.15) is 0 Å². The van der Waals surface area contributed by atoms with Crippen molar-refractivity contribution in [3.63, 3.8) is 0 Å². The van der Waals surface area contributed by atoms with Crippen LogP contribution in [-0.2, 0) is 10.2 Å². The number of carbonyl (C=O) groups is 1. The van der Waals surface area contributed by atoms with Crippen molar-refractivity contribution in [2.75, 3.05) is 19.6 Å². The van der Waals surface area contributed by atoms with Crippen LogP contribution >= 0.6 is 11.3 Å². The van der Waals surface area contributed by atoms with Crippen molar-refractivity contribution in [1.29, 1.82) is 0 Å². The Morgan fingerprint density at radius 1 is 1.50 bits per heavy atom. The molecule has 112 valence electrons. The van der Waals surface area contributed by atoms with Crippen molar-refractivity contribution >= 4 is 17.2 Å². The van der Waals surface area contributed by atoms with Gasteiger partial charge in [0.2, 0.25) is 5.91 Å². The summed E-state index contributed by atoms with van der Waals surface area (Å²) in [5, 5.41) is 5.49. The molecule has 1 N–H and O–H groups in total. The van der Waals surface area contributed by atoms with Gasteiger partial charge in [-0.25, -0.2) is 0 Å². The van der Waals surface area contributed by atoms with E-state index in [0.717, 1.165) is 38.9 Å². The second-order valence-corrected chi connectivity index (χ2v) is 7.22. The standard InChI is InChI=1S/C16H26N2OS/c1-4-9-17-13-7-5-10-18(15(13)19)12-16(2,3)14-8-6-11-20-14/h6,8,11,13,17H,4-5,7,9-10,12H2,1-3H3. The topological polar surface area (TPSA) is 32.3 Å². The van der Waals surface area contributed by atoms with Crippen LogP contribution in [0, 0.1) is 0 Å². The summed E-state index contributed by atoms with van der Waals surface area (Å²) in [5.74, 6) is 0.286. The number of nitrogens with zero attached hydrogens (tertiary/aromatic N) is 1. The maximum Gasteiger partial charge on any atom is 0.239 e. The molecule has 1 saturated heterocycles. The van der Waals surface area contributed by atoms with Crippen LogP contribution in [0.4, 0.5) is 0 Å². The molecule has 1 aliphatic heterocycles. The van der Waals surface area contributed by atoms with Gasteiger partial charge in [0.05, 0.1) is 6.04 Å². The van der Waals surface area contributed by atoms with Gasteiger partial charge < -0.3 is 10.2 Å². The molecule has 0 bridgehead atoms. The largest absolute Gasteiger partial charge is 0.340 e. The summed E-state index contributed by atoms with van der Waals surface area (Å²) >= 11 is 1.78. The lowest BCUT2D eigenvalue weighted by Crippen LogP contribution is -2.53. The van der Waals surface area contributed by atoms with E-state index in [0.29, 0.717) is 0 Å². The molecular weight excluding hydrogens is 268 g/mol. The number of piperidine rings is 1. The minimum atomic E-state index is 0.0304. The highest BCUT2D eigenvalue weighted by Crippen LogP contribution is 2.29. The van der Waals surface area contributed by atoms with Crippen molar-refractivity contribution in [3.8, 4) is 0 Å². The number of amides is 1. The molecule has 3 nitrogen and oxygen atoms in total. The van der Waals surface area contributed by atoms with Gasteiger partial charge in [-0.3, -0.25) is 4.79 Å². The summed E-state index contributed by atoms with van der Waals surface area (Å²) in [6, 6.07) is 4.29. The Morgan fingerprint density at radius 2 is 2.30 bits per heavy atom. The maximum absolute atomic E-state index is 12.5. The molecule has 2 heterocycles. The number of carbonyl (C=O) groups excluding carboxylic acids is 1. The lowest BCUT2D eigenvalue weighted by molar-refractivity contribution is -0.136. The van der Waals surface area contributed by atoms with E-state index in [1.54, 1.807) is 11.3 Å². The predicted molar refractivity (Wildman–Crippen MR) is 85.2 cm³/mol. The Bertz CT molecular complexity index is 428. The average Bonchev–Trinajstić information content (AvgIpc) is 2.94. The van der Waals surface area contributed by atoms with Gasteiger partial charge in [-0.2, -0.15) is 0 Å². The Kier molecular flexibility index (Phi) is 5.22. The summed E-state index contributed by atoms with van der Waals surface area (Å²) in [6.07, 6.45) is 3.16. The number of rotatable bonds is 6. The van der Waals surface area contributed by atoms with E-state index in [-0.39, 0.29) is 17.4 Å². The quantitative estimate of drug-likeness (QED) is 0.874. The molecule has 2 rings (SSSR count). The van der Waals surface area contributed by atoms with E-state index in [9.17, 15) is 4.79 Å². The molecule has 0 saturated carbocycles. The minimum Gasteiger partial charge on any atom is -0.340 e. The van der Waals surface area contributed by atoms with Crippen molar-refractivity contribution in [2.45, 2.75) is 51.5 Å². The molecule has 0 aromatic carbocycles. The van der Waals surface area contributed by atoms with E-state index >= 15 is 0 Å². The van der Waals surface area contributed by atoms with Gasteiger partial charge in [-0.1, -0.05) is 26.8 Å². The molecule has 20 heavy (non-hydrogen) atoms. The SMILES string of the molecule is CCCNC1CCCN(CC(C)(C)c2cccs2)C1=O. The third kappa shape index (κ3) is 3.61. The molecule has 1 unspecified atom stereocenters. The van der Waals surface area contributed by atoms with E-state index in [1.807, 2.05) is 0 Å². The first-order chi connectivity index (χ1) is 9.54. The molecular formula is C16H26N2OS. The highest BCUT2D eigenvalue weighted by Gasteiger charge is 2.33. The van der Waals surface area contributed by atoms with Crippen LogP contribution in [0.1, 0.15) is 44.9 Å². The molecule has 1 atom stereocenters. The summed E-state index contributed by atoms with van der Waals surface area (Å²) in [4.78, 5) is 16.0. The fraction of sp³-hybridized carbons (Fsp3) is 0.688. The zero-order chi connectivity index (χ0) is 14.6. The number of hydrogen-bond acceptors (Lipinski definition) is 3. The number of hydrogen-bond donors (Lipinski definition) is 1. The lowest BCUT2D eigenvalue weighted by Gasteiger charge is -2.37. The van der Waals surface area contributed by atoms with Crippen LogP contribution in [-0.4, -0.2) is 36.5 Å². The number of thiophene rings is 1. The zero-order valence-corrected chi connectivity index (χ0v) is 13.6. The molecule has 4 heteroatoms. The van der Waals surface area contributed by atoms with Gasteiger partial charge in [0.15, 0.2) is 0 Å². The first-order valence-electron chi connectivity index (χ1n) is 7.61. The molecule has 1 aliphatic rings. The molecule has 0 radical (unpaired) electrons. The predicted octanol–water partition coefficient (Wildman–Crippen LogP) is 3.02. The highest BCUT2D eigenvalue weighted by atomic mass is 32.1. The maximum atomic E-state index is 12.5. The first-order valence-corrected chi connectivity index (χ1v) is 8.48. The molecule has 1 fully saturated rings. The smallest absolute Gasteiger partial charge is 0.239 e. The highest BCUT2D eigenvalue weighted by molar-refractivity contribution is 7.10. The van der Waals surface area contributed by atoms with Crippen LogP contribution in [0.2, 0.25) is 0 Å². The third-order valence-electron chi connectivity index (χ3n) is 3.95. The Hall–Kier alpha value is -0.870. The summed E-state index contributed by atoms with van der Waals surface area (Å²) in [7, 11) is 0. The van der Waals surface area contributed by atoms with Crippen molar-refractivity contribution in [3.05, 3.63) is 22.4 Å². The van der Waals surface area contributed by atoms with E-state index < -0.39 is 0 Å². The lowest BCUT2D eigenvalue weighted by atomic mass is 9.89. The summed E-state index contributed by atoms with van der Waals surface area (Å²) in [5.41, 5.74) is 0.0382. The van der Waals surface area contributed by atoms with Gasteiger partial charge >= 0.3 is 0 Å². The Morgan fingerprint density at radius 3 is 2.95 bits per heavy atom. The normalized spacial score (nSPS) is 20.4. The Balaban J connectivity index is 1.99. The third-order valence-corrected chi connectivity index (χ3v) is 5.18. The number of nitrogens with one attached hydrogen (secondary N) is 1. The van der Waals surface area contributed by atoms with Gasteiger partial charge in [-0.15, -0.1) is 11.3 Å². The monoisotopic (exact) mass is 294 g/mol. The van der Waals surface area contributed by atoms with Gasteiger partial charge in [0.25, 0.3) is 0 Å². The van der Waals surface area contributed by atoms with Gasteiger partial charge in [0, 0.05) is 23.4 Å². The van der Waals surface area contributed by atoms with Crippen LogP contribution in [0.15, 0.2) is 17.5 Å². The first kappa shape index (κ1) is 15.5. The Labute approximate surface area is 126 Å². The summed E-state index contributed by atoms with van der Waals surface area (Å²) < 4.78 is 0. The fourth-order valence-corrected chi connectivity index (χ4v) is 3.67. The fourth-order valence-electron chi connectivity index (χ4n) is 2.82. The second kappa shape index (κ2) is 6.72. The van der Waals surface area contributed by atoms with Crippen LogP contribution in [0.25, 0.3) is 0 Å². The molecule has 1 aromatic heterocycles. The van der Waals surface area contributed by atoms with Crippen LogP contribution in [0.5, 0.6) is 0 Å². The van der Waals surface area contributed by atoms with E-state index in [2.05, 4.69) is 48.5 Å². The molecule has 1 aromatic rings. The van der Waals surface area contributed by atoms with Gasteiger partial charge in [-0.05, 0) is 37.3 Å². The average molecular weight is 294 g/mol. The van der Waals surface area contributed by atoms with E-state index in [4.69, 9.17) is 0 Å². The number of likely N-dealkylation sites (tertiary alicyclic amines) is 1. The van der Waals surface area contributed by atoms with E-state index in [1.165, 1.54) is 4.88 Å². The minimum absolute atomic E-state index is 0.0304. The van der Waals surface area contributed by atoms with Crippen molar-refractivity contribution in [1.82, 2.24) is 10.2 Å². The summed E-state index contributed by atoms with van der Waals surface area (Å²) in [6.45, 7) is 9.25.